The van der Waals surface area contributed by atoms with Crippen molar-refractivity contribution in [3.8, 4) is 5.75 Å². The molecule has 0 fully saturated rings. The lowest BCUT2D eigenvalue weighted by molar-refractivity contribution is -0.137. The Morgan fingerprint density at radius 1 is 1.35 bits per heavy atom. The average molecular weight is 372 g/mol. The molecule has 1 unspecified atom stereocenters. The van der Waals surface area contributed by atoms with Gasteiger partial charge in [0.1, 0.15) is 17.6 Å². The van der Waals surface area contributed by atoms with Crippen molar-refractivity contribution in [3.63, 3.8) is 0 Å². The van der Waals surface area contributed by atoms with E-state index in [1.54, 1.807) is 6.07 Å². The molecule has 0 aliphatic rings. The van der Waals surface area contributed by atoms with Crippen LogP contribution in [0.3, 0.4) is 0 Å². The van der Waals surface area contributed by atoms with E-state index >= 15 is 0 Å². The molecule has 0 bridgehead atoms. The number of amides is 2. The first-order valence-corrected chi connectivity index (χ1v) is 7.91. The van der Waals surface area contributed by atoms with Gasteiger partial charge in [-0.2, -0.15) is 13.2 Å². The van der Waals surface area contributed by atoms with Gasteiger partial charge in [0, 0.05) is 0 Å². The summed E-state index contributed by atoms with van der Waals surface area (Å²) in [5.41, 5.74) is -1.02. The molecule has 0 spiro atoms. The van der Waals surface area contributed by atoms with Crippen LogP contribution in [0.25, 0.3) is 0 Å². The van der Waals surface area contributed by atoms with Gasteiger partial charge in [-0.15, -0.1) is 0 Å². The van der Waals surface area contributed by atoms with Crippen LogP contribution < -0.4 is 15.4 Å². The molecule has 1 aromatic heterocycles. The van der Waals surface area contributed by atoms with Crippen LogP contribution >= 0.6 is 0 Å². The number of anilines is 1. The highest BCUT2D eigenvalue weighted by molar-refractivity contribution is 5.91. The molecule has 26 heavy (non-hydrogen) atoms. The van der Waals surface area contributed by atoms with E-state index in [4.69, 9.17) is 9.15 Å². The van der Waals surface area contributed by atoms with Crippen LogP contribution in [0.5, 0.6) is 5.75 Å². The van der Waals surface area contributed by atoms with Gasteiger partial charge in [0.25, 0.3) is 0 Å². The zero-order chi connectivity index (χ0) is 19.2. The maximum atomic E-state index is 12.9. The molecule has 142 valence electrons. The molecule has 6 nitrogen and oxygen atoms in total. The normalized spacial score (nSPS) is 12.5. The minimum Gasteiger partial charge on any atom is -0.491 e. The topological polar surface area (TPSA) is 83.7 Å². The van der Waals surface area contributed by atoms with E-state index in [0.717, 1.165) is 18.2 Å². The molecule has 9 heteroatoms. The quantitative estimate of drug-likeness (QED) is 0.687. The predicted octanol–water partition coefficient (Wildman–Crippen LogP) is 3.94. The van der Waals surface area contributed by atoms with Gasteiger partial charge in [-0.1, -0.05) is 6.92 Å². The number of rotatable bonds is 7. The van der Waals surface area contributed by atoms with Gasteiger partial charge in [-0.05, 0) is 36.8 Å². The van der Waals surface area contributed by atoms with Gasteiger partial charge in [-0.3, -0.25) is 0 Å². The molecular formula is C17H19F3N2O4. The van der Waals surface area contributed by atoms with Crippen molar-refractivity contribution >= 4 is 11.7 Å². The van der Waals surface area contributed by atoms with Crippen LogP contribution in [0.15, 0.2) is 41.0 Å². The van der Waals surface area contributed by atoms with Crippen LogP contribution in [0.4, 0.5) is 23.7 Å². The average Bonchev–Trinajstić information content (AvgIpc) is 3.12. The first-order valence-electron chi connectivity index (χ1n) is 7.91. The van der Waals surface area contributed by atoms with E-state index in [0.29, 0.717) is 13.0 Å². The number of ether oxygens (including phenoxy) is 1. The van der Waals surface area contributed by atoms with Crippen molar-refractivity contribution in [1.82, 2.24) is 5.32 Å². The predicted molar refractivity (Wildman–Crippen MR) is 87.9 cm³/mol. The summed E-state index contributed by atoms with van der Waals surface area (Å²) in [5, 5.41) is 14.5. The second-order valence-electron chi connectivity index (χ2n) is 5.42. The van der Waals surface area contributed by atoms with E-state index in [1.807, 2.05) is 6.92 Å². The first-order chi connectivity index (χ1) is 12.3. The number of alkyl halides is 3. The standard InChI is InChI=1S/C17H19F3N2O4/c1-2-7-25-14-6-5-11(17(18,19)20)9-12(14)22-16(24)21-10-13(23)15-4-3-8-26-15/h3-6,8-9,13,23H,2,7,10H2,1H3,(H2,21,22,24). The van der Waals surface area contributed by atoms with Gasteiger partial charge in [-0.25, -0.2) is 4.79 Å². The molecule has 0 aliphatic carbocycles. The number of hydrogen-bond donors (Lipinski definition) is 3. The maximum absolute atomic E-state index is 12.9. The smallest absolute Gasteiger partial charge is 0.416 e. The van der Waals surface area contributed by atoms with Crippen molar-refractivity contribution in [1.29, 1.82) is 0 Å². The molecule has 0 aliphatic heterocycles. The van der Waals surface area contributed by atoms with E-state index in [9.17, 15) is 23.1 Å². The van der Waals surface area contributed by atoms with Crippen molar-refractivity contribution in [2.24, 2.45) is 0 Å². The molecule has 1 atom stereocenters. The summed E-state index contributed by atoms with van der Waals surface area (Å²) in [6.07, 6.45) is -3.60. The number of urea groups is 1. The summed E-state index contributed by atoms with van der Waals surface area (Å²) in [7, 11) is 0. The van der Waals surface area contributed by atoms with Crippen molar-refractivity contribution in [2.45, 2.75) is 25.6 Å². The summed E-state index contributed by atoms with van der Waals surface area (Å²) < 4.78 is 49.0. The number of carbonyl (C=O) groups excluding carboxylic acids is 1. The molecule has 2 rings (SSSR count). The van der Waals surface area contributed by atoms with Crippen molar-refractivity contribution in [2.75, 3.05) is 18.5 Å². The molecule has 1 aromatic carbocycles. The van der Waals surface area contributed by atoms with Crippen LogP contribution in [0, 0.1) is 0 Å². The Morgan fingerprint density at radius 3 is 2.73 bits per heavy atom. The maximum Gasteiger partial charge on any atom is 0.416 e. The Kier molecular flexibility index (Phi) is 6.51. The number of aliphatic hydroxyl groups is 1. The summed E-state index contributed by atoms with van der Waals surface area (Å²) in [4.78, 5) is 12.0. The van der Waals surface area contributed by atoms with Crippen molar-refractivity contribution in [3.05, 3.63) is 47.9 Å². The fourth-order valence-corrected chi connectivity index (χ4v) is 2.08. The Balaban J connectivity index is 2.06. The van der Waals surface area contributed by atoms with Gasteiger partial charge in [0.2, 0.25) is 0 Å². The summed E-state index contributed by atoms with van der Waals surface area (Å²) in [5.74, 6) is 0.387. The number of benzene rings is 1. The molecular weight excluding hydrogens is 353 g/mol. The van der Waals surface area contributed by atoms with E-state index in [-0.39, 0.29) is 23.7 Å². The number of hydrogen-bond acceptors (Lipinski definition) is 4. The lowest BCUT2D eigenvalue weighted by atomic mass is 10.1. The van der Waals surface area contributed by atoms with Crippen LogP contribution in [0.1, 0.15) is 30.8 Å². The fraction of sp³-hybridized carbons (Fsp3) is 0.353. The first kappa shape index (κ1) is 19.6. The van der Waals surface area contributed by atoms with Gasteiger partial charge in [0.15, 0.2) is 0 Å². The monoisotopic (exact) mass is 372 g/mol. The largest absolute Gasteiger partial charge is 0.491 e. The fourth-order valence-electron chi connectivity index (χ4n) is 2.08. The molecule has 2 amide bonds. The van der Waals surface area contributed by atoms with Crippen molar-refractivity contribution < 1.29 is 32.2 Å². The molecule has 0 saturated carbocycles. The van der Waals surface area contributed by atoms with Crippen LogP contribution in [0.2, 0.25) is 0 Å². The molecule has 1 heterocycles. The number of furan rings is 1. The Hall–Kier alpha value is -2.68. The number of aliphatic hydroxyl groups excluding tert-OH is 1. The third-order valence-electron chi connectivity index (χ3n) is 3.34. The second-order valence-corrected chi connectivity index (χ2v) is 5.42. The highest BCUT2D eigenvalue weighted by Crippen LogP contribution is 2.35. The van der Waals surface area contributed by atoms with Crippen LogP contribution in [-0.2, 0) is 6.18 Å². The minimum atomic E-state index is -4.55. The highest BCUT2D eigenvalue weighted by Gasteiger charge is 2.31. The summed E-state index contributed by atoms with van der Waals surface area (Å²) >= 11 is 0. The zero-order valence-electron chi connectivity index (χ0n) is 14.0. The Bertz CT molecular complexity index is 717. The summed E-state index contributed by atoms with van der Waals surface area (Å²) in [6, 6.07) is 5.18. The van der Waals surface area contributed by atoms with Gasteiger partial charge < -0.3 is 24.9 Å². The lowest BCUT2D eigenvalue weighted by Crippen LogP contribution is -2.32. The summed E-state index contributed by atoms with van der Waals surface area (Å²) in [6.45, 7) is 1.96. The third-order valence-corrected chi connectivity index (χ3v) is 3.34. The Morgan fingerprint density at radius 2 is 2.12 bits per heavy atom. The molecule has 3 N–H and O–H groups in total. The second kappa shape index (κ2) is 8.61. The number of nitrogens with one attached hydrogen (secondary N) is 2. The van der Waals surface area contributed by atoms with E-state index < -0.39 is 23.9 Å². The molecule has 2 aromatic rings. The number of halogens is 3. The van der Waals surface area contributed by atoms with Crippen LogP contribution in [-0.4, -0.2) is 24.3 Å². The minimum absolute atomic E-state index is 0.113. The third kappa shape index (κ3) is 5.41. The Labute approximate surface area is 148 Å². The van der Waals surface area contributed by atoms with E-state index in [1.165, 1.54) is 12.3 Å². The molecule has 0 saturated heterocycles. The van der Waals surface area contributed by atoms with Gasteiger partial charge in [0.05, 0.1) is 30.7 Å². The van der Waals surface area contributed by atoms with E-state index in [2.05, 4.69) is 10.6 Å². The highest BCUT2D eigenvalue weighted by atomic mass is 19.4. The van der Waals surface area contributed by atoms with Gasteiger partial charge >= 0.3 is 12.2 Å². The molecule has 0 radical (unpaired) electrons. The SMILES string of the molecule is CCCOc1ccc(C(F)(F)F)cc1NC(=O)NCC(O)c1ccco1. The lowest BCUT2D eigenvalue weighted by Gasteiger charge is -2.16. The zero-order valence-corrected chi connectivity index (χ0v) is 14.0. The number of carbonyl (C=O) groups is 1.